The molecule has 3 nitrogen and oxygen atoms in total. The molecule has 0 amide bonds. The number of hydrogen-bond donors (Lipinski definition) is 1. The van der Waals surface area contributed by atoms with Gasteiger partial charge in [0.25, 0.3) is 0 Å². The van der Waals surface area contributed by atoms with Crippen LogP contribution in [0.4, 0.5) is 4.39 Å². The molecule has 1 aromatic rings. The number of methoxy groups -OCH3 is 1. The Bertz CT molecular complexity index is 255. The van der Waals surface area contributed by atoms with E-state index in [0.717, 1.165) is 0 Å². The number of aromatic nitrogens is 1. The highest BCUT2D eigenvalue weighted by Crippen LogP contribution is 2.11. The van der Waals surface area contributed by atoms with E-state index in [0.29, 0.717) is 12.2 Å². The fourth-order valence-corrected chi connectivity index (χ4v) is 0.944. The summed E-state index contributed by atoms with van der Waals surface area (Å²) in [6.45, 7) is 0.294. The smallest absolute Gasteiger partial charge is 0.217 e. The lowest BCUT2D eigenvalue weighted by Crippen LogP contribution is -2.17. The molecule has 1 aromatic heterocycles. The maximum Gasteiger partial charge on any atom is 0.217 e. The summed E-state index contributed by atoms with van der Waals surface area (Å²) in [5.74, 6) is -0.526. The first-order valence-corrected chi connectivity index (χ1v) is 3.60. The fraction of sp³-hybridized carbons (Fsp3) is 0.375. The van der Waals surface area contributed by atoms with Crippen LogP contribution in [0.2, 0.25) is 0 Å². The van der Waals surface area contributed by atoms with Gasteiger partial charge < -0.3 is 10.5 Å². The van der Waals surface area contributed by atoms with E-state index >= 15 is 0 Å². The lowest BCUT2D eigenvalue weighted by Gasteiger charge is -2.09. The van der Waals surface area contributed by atoms with Crippen LogP contribution in [-0.4, -0.2) is 18.7 Å². The lowest BCUT2D eigenvalue weighted by atomic mass is 10.1. The predicted molar refractivity (Wildman–Crippen MR) is 43.0 cm³/mol. The summed E-state index contributed by atoms with van der Waals surface area (Å²) in [7, 11) is 1.52. The maximum absolute atomic E-state index is 12.9. The third kappa shape index (κ3) is 1.99. The first kappa shape index (κ1) is 9.09. The normalized spacial score (nSPS) is 12.9. The summed E-state index contributed by atoms with van der Waals surface area (Å²) < 4.78 is 17.7. The molecule has 4 heteroatoms. The SMILES string of the molecule is COC[C@@H](N)c1cccnc1F. The molecule has 1 atom stereocenters. The van der Waals surface area contributed by atoms with Crippen molar-refractivity contribution < 1.29 is 9.13 Å². The van der Waals surface area contributed by atoms with E-state index in [1.165, 1.54) is 13.3 Å². The van der Waals surface area contributed by atoms with Crippen molar-refractivity contribution in [3.63, 3.8) is 0 Å². The fourth-order valence-electron chi connectivity index (χ4n) is 0.944. The van der Waals surface area contributed by atoms with E-state index in [9.17, 15) is 4.39 Å². The van der Waals surface area contributed by atoms with Gasteiger partial charge >= 0.3 is 0 Å². The minimum atomic E-state index is -0.526. The van der Waals surface area contributed by atoms with Gasteiger partial charge in [0.05, 0.1) is 12.6 Å². The van der Waals surface area contributed by atoms with Crippen molar-refractivity contribution >= 4 is 0 Å². The molecule has 66 valence electrons. The minimum Gasteiger partial charge on any atom is -0.383 e. The van der Waals surface area contributed by atoms with Crippen LogP contribution >= 0.6 is 0 Å². The second kappa shape index (κ2) is 4.13. The third-order valence-corrected chi connectivity index (χ3v) is 1.53. The largest absolute Gasteiger partial charge is 0.383 e. The molecule has 2 N–H and O–H groups in total. The number of ether oxygens (including phenoxy) is 1. The third-order valence-electron chi connectivity index (χ3n) is 1.53. The van der Waals surface area contributed by atoms with Crippen molar-refractivity contribution in [3.8, 4) is 0 Å². The van der Waals surface area contributed by atoms with E-state index in [1.54, 1.807) is 12.1 Å². The molecule has 0 fully saturated rings. The average Bonchev–Trinajstić information content (AvgIpc) is 2.05. The zero-order chi connectivity index (χ0) is 8.97. The summed E-state index contributed by atoms with van der Waals surface area (Å²) >= 11 is 0. The zero-order valence-corrected chi connectivity index (χ0v) is 6.83. The van der Waals surface area contributed by atoms with Crippen LogP contribution in [-0.2, 0) is 4.74 Å². The minimum absolute atomic E-state index is 0.294. The number of rotatable bonds is 3. The van der Waals surface area contributed by atoms with Gasteiger partial charge in [-0.15, -0.1) is 0 Å². The van der Waals surface area contributed by atoms with Gasteiger partial charge in [0.15, 0.2) is 0 Å². The van der Waals surface area contributed by atoms with Crippen molar-refractivity contribution in [3.05, 3.63) is 29.8 Å². The molecule has 0 saturated carbocycles. The first-order valence-electron chi connectivity index (χ1n) is 3.60. The van der Waals surface area contributed by atoms with Crippen LogP contribution in [0.3, 0.4) is 0 Å². The van der Waals surface area contributed by atoms with Gasteiger partial charge in [-0.05, 0) is 6.07 Å². The Labute approximate surface area is 70.4 Å². The van der Waals surface area contributed by atoms with Crippen molar-refractivity contribution in [2.24, 2.45) is 5.73 Å². The second-order valence-corrected chi connectivity index (χ2v) is 2.45. The van der Waals surface area contributed by atoms with Gasteiger partial charge in [-0.2, -0.15) is 4.39 Å². The summed E-state index contributed by atoms with van der Waals surface area (Å²) in [6, 6.07) is 2.81. The number of halogens is 1. The zero-order valence-electron chi connectivity index (χ0n) is 6.83. The van der Waals surface area contributed by atoms with Crippen LogP contribution in [0.25, 0.3) is 0 Å². The predicted octanol–water partition coefficient (Wildman–Crippen LogP) is 0.867. The van der Waals surface area contributed by atoms with Crippen molar-refractivity contribution in [1.29, 1.82) is 0 Å². The van der Waals surface area contributed by atoms with Crippen LogP contribution in [0.15, 0.2) is 18.3 Å². The molecule has 0 aliphatic carbocycles. The Kier molecular flexibility index (Phi) is 3.13. The molecular weight excluding hydrogens is 159 g/mol. The van der Waals surface area contributed by atoms with E-state index in [-0.39, 0.29) is 0 Å². The monoisotopic (exact) mass is 170 g/mol. The second-order valence-electron chi connectivity index (χ2n) is 2.45. The van der Waals surface area contributed by atoms with E-state index in [4.69, 9.17) is 10.5 Å². The van der Waals surface area contributed by atoms with E-state index in [2.05, 4.69) is 4.98 Å². The number of nitrogens with zero attached hydrogens (tertiary/aromatic N) is 1. The van der Waals surface area contributed by atoms with Crippen LogP contribution in [0.1, 0.15) is 11.6 Å². The molecule has 1 rings (SSSR count). The van der Waals surface area contributed by atoms with Gasteiger partial charge in [0, 0.05) is 18.9 Å². The van der Waals surface area contributed by atoms with Gasteiger partial charge in [-0.25, -0.2) is 4.98 Å². The number of pyridine rings is 1. The van der Waals surface area contributed by atoms with Gasteiger partial charge in [0.2, 0.25) is 5.95 Å². The molecular formula is C8H11FN2O. The highest BCUT2D eigenvalue weighted by molar-refractivity contribution is 5.15. The Morgan fingerprint density at radius 3 is 3.08 bits per heavy atom. The van der Waals surface area contributed by atoms with Crippen LogP contribution in [0.5, 0.6) is 0 Å². The Morgan fingerprint density at radius 1 is 1.75 bits per heavy atom. The molecule has 0 spiro atoms. The Balaban J connectivity index is 2.79. The lowest BCUT2D eigenvalue weighted by molar-refractivity contribution is 0.179. The standard InChI is InChI=1S/C8H11FN2O/c1-12-5-7(10)6-3-2-4-11-8(6)9/h2-4,7H,5,10H2,1H3/t7-/m1/s1. The molecule has 0 radical (unpaired) electrons. The summed E-state index contributed by atoms with van der Waals surface area (Å²) in [5, 5.41) is 0. The molecule has 12 heavy (non-hydrogen) atoms. The van der Waals surface area contributed by atoms with Crippen LogP contribution in [0, 0.1) is 5.95 Å². The summed E-state index contributed by atoms with van der Waals surface area (Å²) in [5.41, 5.74) is 5.99. The topological polar surface area (TPSA) is 48.1 Å². The molecule has 0 bridgehead atoms. The Hall–Kier alpha value is -1.00. The van der Waals surface area contributed by atoms with Gasteiger partial charge in [-0.3, -0.25) is 0 Å². The quantitative estimate of drug-likeness (QED) is 0.684. The van der Waals surface area contributed by atoms with Gasteiger partial charge in [-0.1, -0.05) is 6.07 Å². The summed E-state index contributed by atoms with van der Waals surface area (Å²) in [4.78, 5) is 3.48. The van der Waals surface area contributed by atoms with Crippen molar-refractivity contribution in [1.82, 2.24) is 4.98 Å². The van der Waals surface area contributed by atoms with E-state index < -0.39 is 12.0 Å². The van der Waals surface area contributed by atoms with Gasteiger partial charge in [0.1, 0.15) is 0 Å². The molecule has 0 aliphatic heterocycles. The highest BCUT2D eigenvalue weighted by atomic mass is 19.1. The number of hydrogen-bond acceptors (Lipinski definition) is 3. The molecule has 0 saturated heterocycles. The first-order chi connectivity index (χ1) is 5.75. The molecule has 0 aromatic carbocycles. The van der Waals surface area contributed by atoms with Crippen LogP contribution < -0.4 is 5.73 Å². The molecule has 1 heterocycles. The maximum atomic E-state index is 12.9. The average molecular weight is 170 g/mol. The number of nitrogens with two attached hydrogens (primary N) is 1. The van der Waals surface area contributed by atoms with E-state index in [1.807, 2.05) is 0 Å². The van der Waals surface area contributed by atoms with Crippen molar-refractivity contribution in [2.45, 2.75) is 6.04 Å². The molecule has 0 aliphatic rings. The Morgan fingerprint density at radius 2 is 2.50 bits per heavy atom. The highest BCUT2D eigenvalue weighted by Gasteiger charge is 2.10. The molecule has 0 unspecified atom stereocenters. The van der Waals surface area contributed by atoms with Crippen molar-refractivity contribution in [2.75, 3.05) is 13.7 Å². The summed E-state index contributed by atoms with van der Waals surface area (Å²) in [6.07, 6.45) is 1.39.